The monoisotopic (exact) mass is 606 g/mol. The molecule has 42 heavy (non-hydrogen) atoms. The molecule has 0 saturated carbocycles. The fourth-order valence-corrected chi connectivity index (χ4v) is 4.42. The molecular weight excluding hydrogens is 583 g/mol. The Kier molecular flexibility index (Phi) is 7.63. The Balaban J connectivity index is 1.55. The van der Waals surface area contributed by atoms with Crippen LogP contribution in [0, 0.1) is 0 Å². The second-order valence-corrected chi connectivity index (χ2v) is 9.61. The zero-order valence-corrected chi connectivity index (χ0v) is 21.8. The van der Waals surface area contributed by atoms with Crippen molar-refractivity contribution in [2.75, 3.05) is 22.6 Å². The van der Waals surface area contributed by atoms with Crippen LogP contribution in [0.3, 0.4) is 0 Å². The van der Waals surface area contributed by atoms with Crippen molar-refractivity contribution in [3.8, 4) is 11.1 Å². The van der Waals surface area contributed by atoms with E-state index in [1.54, 1.807) is 12.1 Å². The van der Waals surface area contributed by atoms with Crippen molar-refractivity contribution in [2.24, 2.45) is 10.7 Å². The molecule has 3 aromatic rings. The lowest BCUT2D eigenvalue weighted by Crippen LogP contribution is -2.59. The molecule has 0 aliphatic carbocycles. The van der Waals surface area contributed by atoms with Gasteiger partial charge in [0.25, 0.3) is 0 Å². The Morgan fingerprint density at radius 3 is 2.12 bits per heavy atom. The van der Waals surface area contributed by atoms with Crippen molar-refractivity contribution < 1.29 is 44.3 Å². The van der Waals surface area contributed by atoms with Crippen LogP contribution in [0.1, 0.15) is 31.0 Å². The highest BCUT2D eigenvalue weighted by Gasteiger charge is 2.81. The molecule has 5 N–H and O–H groups in total. The van der Waals surface area contributed by atoms with Crippen molar-refractivity contribution in [3.05, 3.63) is 65.9 Å². The van der Waals surface area contributed by atoms with Gasteiger partial charge in [-0.1, -0.05) is 24.3 Å². The summed E-state index contributed by atoms with van der Waals surface area (Å²) >= 11 is 0. The number of hydrogen-bond acceptors (Lipinski definition) is 4. The van der Waals surface area contributed by atoms with Crippen molar-refractivity contribution in [3.63, 3.8) is 0 Å². The van der Waals surface area contributed by atoms with Gasteiger partial charge in [-0.15, -0.1) is 0 Å². The molecule has 16 heteroatoms. The molecule has 1 aromatic heterocycles. The summed E-state index contributed by atoms with van der Waals surface area (Å²) in [5, 5.41) is 7.52. The molecular formula is C26H23F9N6O. The summed E-state index contributed by atoms with van der Waals surface area (Å²) in [6.45, 7) is 4.27. The first kappa shape index (κ1) is 30.6. The zero-order chi connectivity index (χ0) is 31.3. The number of benzene rings is 2. The summed E-state index contributed by atoms with van der Waals surface area (Å²) in [5.74, 6) is -5.71. The fraction of sp³-hybridized carbons (Fsp3) is 0.308. The van der Waals surface area contributed by atoms with Gasteiger partial charge in [-0.05, 0) is 43.7 Å². The quantitative estimate of drug-likeness (QED) is 0.220. The molecule has 2 aromatic carbocycles. The van der Waals surface area contributed by atoms with Crippen LogP contribution in [0.25, 0.3) is 11.1 Å². The fourth-order valence-electron chi connectivity index (χ4n) is 4.42. The van der Waals surface area contributed by atoms with Crippen molar-refractivity contribution in [1.82, 2.24) is 4.57 Å². The SMILES string of the molecule is CC(C)n1cc(-c2ccc(NC(=O)Nc3cccc(C(F)(C(F)(F)F)C(F)(F)C(F)(F)F)c3)cc2)c2c1NCN=C2N. The Bertz CT molecular complexity index is 1510. The van der Waals surface area contributed by atoms with Gasteiger partial charge in [0.15, 0.2) is 0 Å². The Hall–Kier alpha value is -4.37. The van der Waals surface area contributed by atoms with Gasteiger partial charge >= 0.3 is 30.0 Å². The summed E-state index contributed by atoms with van der Waals surface area (Å²) in [5.41, 5.74) is -0.410. The smallest absolute Gasteiger partial charge is 0.383 e. The van der Waals surface area contributed by atoms with Crippen LogP contribution in [0.15, 0.2) is 59.7 Å². The van der Waals surface area contributed by atoms with Crippen molar-refractivity contribution in [2.45, 2.75) is 43.8 Å². The minimum absolute atomic E-state index is 0.0539. The third-order valence-electron chi connectivity index (χ3n) is 6.49. The van der Waals surface area contributed by atoms with Crippen LogP contribution in [-0.2, 0) is 5.67 Å². The number of aromatic nitrogens is 1. The number of anilines is 3. The lowest BCUT2D eigenvalue weighted by Gasteiger charge is -2.36. The van der Waals surface area contributed by atoms with Gasteiger partial charge in [0.2, 0.25) is 0 Å². The van der Waals surface area contributed by atoms with E-state index in [9.17, 15) is 44.3 Å². The van der Waals surface area contributed by atoms with Gasteiger partial charge in [0.1, 0.15) is 18.3 Å². The van der Waals surface area contributed by atoms with Gasteiger partial charge in [0.05, 0.1) is 5.56 Å². The maximum atomic E-state index is 14.8. The highest BCUT2D eigenvalue weighted by atomic mass is 19.4. The molecule has 1 aliphatic rings. The average Bonchev–Trinajstić information content (AvgIpc) is 3.29. The van der Waals surface area contributed by atoms with Crippen LogP contribution in [0.4, 0.5) is 61.5 Å². The normalized spacial score (nSPS) is 15.4. The number of fused-ring (bicyclic) bond motifs is 1. The second-order valence-electron chi connectivity index (χ2n) is 9.61. The maximum Gasteiger partial charge on any atom is 0.457 e. The molecule has 2 amide bonds. The predicted molar refractivity (Wildman–Crippen MR) is 138 cm³/mol. The number of hydrogen-bond donors (Lipinski definition) is 4. The highest BCUT2D eigenvalue weighted by molar-refractivity contribution is 6.09. The predicted octanol–water partition coefficient (Wildman–Crippen LogP) is 7.39. The first-order valence-corrected chi connectivity index (χ1v) is 12.2. The lowest BCUT2D eigenvalue weighted by atomic mass is 9.87. The van der Waals surface area contributed by atoms with Crippen molar-refractivity contribution in [1.29, 1.82) is 0 Å². The van der Waals surface area contributed by atoms with E-state index in [-0.39, 0.29) is 23.9 Å². The molecule has 0 bridgehead atoms. The Morgan fingerprint density at radius 1 is 0.929 bits per heavy atom. The van der Waals surface area contributed by atoms with E-state index in [0.717, 1.165) is 17.4 Å². The lowest BCUT2D eigenvalue weighted by molar-refractivity contribution is -0.389. The van der Waals surface area contributed by atoms with Crippen molar-refractivity contribution >= 4 is 29.1 Å². The number of urea groups is 1. The van der Waals surface area contributed by atoms with Crippen LogP contribution in [0.2, 0.25) is 0 Å². The zero-order valence-electron chi connectivity index (χ0n) is 21.8. The Morgan fingerprint density at radius 2 is 1.55 bits per heavy atom. The molecule has 0 saturated heterocycles. The summed E-state index contributed by atoms with van der Waals surface area (Å²) in [4.78, 5) is 16.7. The number of nitrogens with two attached hydrogens (primary N) is 1. The van der Waals surface area contributed by atoms with E-state index in [1.807, 2.05) is 29.9 Å². The summed E-state index contributed by atoms with van der Waals surface area (Å²) in [6, 6.07) is 6.89. The number of amides is 2. The molecule has 4 rings (SSSR count). The summed E-state index contributed by atoms with van der Waals surface area (Å²) < 4.78 is 123. The molecule has 1 aliphatic heterocycles. The van der Waals surface area contributed by atoms with E-state index in [4.69, 9.17) is 5.73 Å². The molecule has 1 unspecified atom stereocenters. The standard InChI is InChI=1S/C26H23F9N6O/c1-13(2)41-11-18(19-20(36)37-12-38-21(19)41)14-6-8-16(9-7-14)39-22(42)40-17-5-3-4-15(10-17)23(27,25(30,31)32)24(28,29)26(33,34)35/h3-11,13,38H,12H2,1-2H3,(H2,36,37)(H2,39,40,42). The number of nitrogens with zero attached hydrogens (tertiary/aromatic N) is 2. The van der Waals surface area contributed by atoms with Gasteiger partial charge < -0.3 is 26.3 Å². The second kappa shape index (κ2) is 10.5. The Labute approximate surface area is 232 Å². The van der Waals surface area contributed by atoms with E-state index in [1.165, 1.54) is 12.1 Å². The molecule has 1 atom stereocenters. The largest absolute Gasteiger partial charge is 0.457 e. The maximum absolute atomic E-state index is 14.8. The molecule has 226 valence electrons. The molecule has 0 spiro atoms. The molecule has 0 radical (unpaired) electrons. The third-order valence-corrected chi connectivity index (χ3v) is 6.49. The van der Waals surface area contributed by atoms with Gasteiger partial charge in [0, 0.05) is 34.7 Å². The van der Waals surface area contributed by atoms with Crippen LogP contribution in [-0.4, -0.2) is 41.4 Å². The summed E-state index contributed by atoms with van der Waals surface area (Å²) in [7, 11) is 0. The number of amidine groups is 1. The molecule has 7 nitrogen and oxygen atoms in total. The minimum Gasteiger partial charge on any atom is -0.383 e. The van der Waals surface area contributed by atoms with E-state index in [0.29, 0.717) is 29.7 Å². The highest BCUT2D eigenvalue weighted by Crippen LogP contribution is 2.58. The first-order valence-electron chi connectivity index (χ1n) is 12.2. The first-order chi connectivity index (χ1) is 19.4. The van der Waals surface area contributed by atoms with Gasteiger partial charge in [-0.25, -0.2) is 14.2 Å². The number of alkyl halides is 9. The van der Waals surface area contributed by atoms with Gasteiger partial charge in [-0.2, -0.15) is 35.1 Å². The number of carbonyl (C=O) groups excluding carboxylic acids is 1. The topological polar surface area (TPSA) is 96.5 Å². The average molecular weight is 606 g/mol. The number of aliphatic imine (C=N–C) groups is 1. The van der Waals surface area contributed by atoms with E-state index in [2.05, 4.69) is 15.6 Å². The molecule has 2 heterocycles. The number of halogens is 9. The summed E-state index contributed by atoms with van der Waals surface area (Å²) in [6.07, 6.45) is -11.6. The van der Waals surface area contributed by atoms with Gasteiger partial charge in [-0.3, -0.25) is 0 Å². The van der Waals surface area contributed by atoms with Crippen LogP contribution < -0.4 is 21.7 Å². The number of rotatable bonds is 6. The number of nitrogens with one attached hydrogen (secondary N) is 3. The van der Waals surface area contributed by atoms with E-state index < -0.39 is 41.2 Å². The van der Waals surface area contributed by atoms with E-state index >= 15 is 0 Å². The third kappa shape index (κ3) is 5.20. The number of carbonyl (C=O) groups is 1. The van der Waals surface area contributed by atoms with Crippen LogP contribution in [0.5, 0.6) is 0 Å². The molecule has 0 fully saturated rings. The minimum atomic E-state index is -6.87. The van der Waals surface area contributed by atoms with Crippen LogP contribution >= 0.6 is 0 Å².